The molecular formula is C23H35ClN2. The van der Waals surface area contributed by atoms with Crippen molar-refractivity contribution in [2.75, 3.05) is 0 Å². The molecule has 2 nitrogen and oxygen atoms in total. The lowest BCUT2D eigenvalue weighted by molar-refractivity contribution is 0.396. The van der Waals surface area contributed by atoms with Gasteiger partial charge in [-0.15, -0.1) is 0 Å². The molecule has 1 aromatic carbocycles. The fourth-order valence-electron chi connectivity index (χ4n) is 3.47. The van der Waals surface area contributed by atoms with Crippen LogP contribution in [0.3, 0.4) is 0 Å². The minimum atomic E-state index is -0.0614. The molecule has 0 aliphatic carbocycles. The number of unbranched alkanes of at least 4 members (excludes halogenated alkanes) is 3. The Balaban J connectivity index is 2.37. The van der Waals surface area contributed by atoms with E-state index in [9.17, 15) is 0 Å². The molecule has 0 spiro atoms. The van der Waals surface area contributed by atoms with Crippen LogP contribution >= 0.6 is 11.6 Å². The number of rotatable bonds is 9. The van der Waals surface area contributed by atoms with Crippen LogP contribution in [0.15, 0.2) is 18.2 Å². The molecule has 3 heteroatoms. The number of aromatic nitrogens is 2. The lowest BCUT2D eigenvalue weighted by Crippen LogP contribution is -2.21. The maximum atomic E-state index is 6.51. The Hall–Kier alpha value is -1.15. The number of hydrogen-bond donors (Lipinski definition) is 0. The molecule has 0 saturated heterocycles. The molecule has 2 aromatic rings. The monoisotopic (exact) mass is 374 g/mol. The van der Waals surface area contributed by atoms with Crippen molar-refractivity contribution in [3.8, 4) is 0 Å². The molecule has 0 fully saturated rings. The molecule has 144 valence electrons. The predicted molar refractivity (Wildman–Crippen MR) is 114 cm³/mol. The Morgan fingerprint density at radius 3 is 2.23 bits per heavy atom. The van der Waals surface area contributed by atoms with Crippen molar-refractivity contribution >= 4 is 22.6 Å². The first kappa shape index (κ1) is 21.2. The van der Waals surface area contributed by atoms with E-state index in [-0.39, 0.29) is 10.8 Å². The van der Waals surface area contributed by atoms with Crippen LogP contribution in [-0.2, 0) is 10.8 Å². The van der Waals surface area contributed by atoms with Gasteiger partial charge in [-0.2, -0.15) is 0 Å². The van der Waals surface area contributed by atoms with Crippen LogP contribution in [0.25, 0.3) is 11.0 Å². The zero-order valence-corrected chi connectivity index (χ0v) is 18.2. The quantitative estimate of drug-likeness (QED) is 0.422. The smallest absolute Gasteiger partial charge is 0.151 e. The molecule has 0 amide bonds. The largest absolute Gasteiger partial charge is 0.247 e. The third-order valence-corrected chi connectivity index (χ3v) is 6.47. The van der Waals surface area contributed by atoms with Crippen molar-refractivity contribution in [2.24, 2.45) is 0 Å². The summed E-state index contributed by atoms with van der Waals surface area (Å²) in [6, 6.07) is 6.58. The summed E-state index contributed by atoms with van der Waals surface area (Å²) >= 11 is 6.51. The van der Waals surface area contributed by atoms with E-state index in [1.54, 1.807) is 0 Å². The molecule has 0 aliphatic rings. The molecule has 1 heterocycles. The van der Waals surface area contributed by atoms with Crippen molar-refractivity contribution < 1.29 is 0 Å². The highest BCUT2D eigenvalue weighted by atomic mass is 35.5. The van der Waals surface area contributed by atoms with Crippen molar-refractivity contribution in [3.05, 3.63) is 34.6 Å². The fraction of sp³-hybridized carbons (Fsp3) is 0.652. The first-order valence-corrected chi connectivity index (χ1v) is 10.6. The topological polar surface area (TPSA) is 25.8 Å². The zero-order valence-electron chi connectivity index (χ0n) is 17.5. The van der Waals surface area contributed by atoms with Gasteiger partial charge in [-0.25, -0.2) is 9.97 Å². The molecule has 26 heavy (non-hydrogen) atoms. The first-order valence-electron chi connectivity index (χ1n) is 10.3. The van der Waals surface area contributed by atoms with Crippen LogP contribution in [0.5, 0.6) is 0 Å². The normalized spacial score (nSPS) is 14.6. The van der Waals surface area contributed by atoms with Gasteiger partial charge < -0.3 is 0 Å². The highest BCUT2D eigenvalue weighted by molar-refractivity contribution is 6.30. The van der Waals surface area contributed by atoms with E-state index in [4.69, 9.17) is 21.6 Å². The molecular weight excluding hydrogens is 340 g/mol. The molecule has 2 rings (SSSR count). The number of fused-ring (bicyclic) bond motifs is 1. The van der Waals surface area contributed by atoms with Crippen LogP contribution in [0.2, 0.25) is 5.15 Å². The van der Waals surface area contributed by atoms with Gasteiger partial charge in [0, 0.05) is 5.41 Å². The maximum Gasteiger partial charge on any atom is 0.151 e. The van der Waals surface area contributed by atoms with Gasteiger partial charge in [0.05, 0.1) is 16.7 Å². The minimum absolute atomic E-state index is 0.0614. The average Bonchev–Trinajstić information content (AvgIpc) is 2.63. The average molecular weight is 375 g/mol. The van der Waals surface area contributed by atoms with Crippen LogP contribution in [0.4, 0.5) is 0 Å². The molecule has 1 aromatic heterocycles. The van der Waals surface area contributed by atoms with Crippen molar-refractivity contribution in [3.63, 3.8) is 0 Å². The maximum absolute atomic E-state index is 6.51. The minimum Gasteiger partial charge on any atom is -0.247 e. The second kappa shape index (κ2) is 8.69. The SMILES string of the molecule is CCCCCCC(C)(CC)c1ccc2nc(C(C)(C)CC)c(Cl)nc2c1. The van der Waals surface area contributed by atoms with E-state index >= 15 is 0 Å². The van der Waals surface area contributed by atoms with Gasteiger partial charge in [0.2, 0.25) is 0 Å². The van der Waals surface area contributed by atoms with E-state index in [1.165, 1.54) is 37.7 Å². The summed E-state index contributed by atoms with van der Waals surface area (Å²) in [7, 11) is 0. The fourth-order valence-corrected chi connectivity index (χ4v) is 3.86. The van der Waals surface area contributed by atoms with Crippen LogP contribution in [0, 0.1) is 0 Å². The highest BCUT2D eigenvalue weighted by Crippen LogP contribution is 2.36. The van der Waals surface area contributed by atoms with Gasteiger partial charge in [-0.05, 0) is 42.4 Å². The van der Waals surface area contributed by atoms with E-state index in [0.29, 0.717) is 5.15 Å². The summed E-state index contributed by atoms with van der Waals surface area (Å²) in [6.07, 6.45) is 8.55. The molecule has 0 N–H and O–H groups in total. The Morgan fingerprint density at radius 1 is 0.885 bits per heavy atom. The van der Waals surface area contributed by atoms with Gasteiger partial charge in [0.1, 0.15) is 0 Å². The number of benzene rings is 1. The lowest BCUT2D eigenvalue weighted by Gasteiger charge is -2.29. The van der Waals surface area contributed by atoms with Gasteiger partial charge in [-0.3, -0.25) is 0 Å². The van der Waals surface area contributed by atoms with Crippen molar-refractivity contribution in [2.45, 2.75) is 97.3 Å². The summed E-state index contributed by atoms with van der Waals surface area (Å²) in [5.41, 5.74) is 4.25. The van der Waals surface area contributed by atoms with Crippen LogP contribution in [-0.4, -0.2) is 9.97 Å². The number of hydrogen-bond acceptors (Lipinski definition) is 2. The predicted octanol–water partition coefficient (Wildman–Crippen LogP) is 7.61. The number of halogens is 1. The van der Waals surface area contributed by atoms with Gasteiger partial charge >= 0.3 is 0 Å². The Bertz CT molecular complexity index is 738. The molecule has 0 radical (unpaired) electrons. The Labute approximate surface area is 164 Å². The van der Waals surface area contributed by atoms with E-state index < -0.39 is 0 Å². The van der Waals surface area contributed by atoms with E-state index in [2.05, 4.69) is 59.7 Å². The van der Waals surface area contributed by atoms with Crippen LogP contribution in [0.1, 0.15) is 97.7 Å². The summed E-state index contributed by atoms with van der Waals surface area (Å²) in [4.78, 5) is 9.57. The van der Waals surface area contributed by atoms with E-state index in [1.807, 2.05) is 0 Å². The second-order valence-electron chi connectivity index (χ2n) is 8.53. The lowest BCUT2D eigenvalue weighted by atomic mass is 9.76. The molecule has 0 saturated carbocycles. The van der Waals surface area contributed by atoms with Crippen molar-refractivity contribution in [1.82, 2.24) is 9.97 Å². The van der Waals surface area contributed by atoms with Crippen LogP contribution < -0.4 is 0 Å². The molecule has 0 bridgehead atoms. The second-order valence-corrected chi connectivity index (χ2v) is 8.89. The summed E-state index contributed by atoms with van der Waals surface area (Å²) in [5, 5.41) is 0.544. The standard InChI is InChI=1S/C23H35ClN2/c1-7-10-11-12-15-23(6,9-3)17-13-14-18-19(16-17)26-21(24)20(25-18)22(4,5)8-2/h13-14,16H,7-12,15H2,1-6H3. The summed E-state index contributed by atoms with van der Waals surface area (Å²) in [6.45, 7) is 13.4. The van der Waals surface area contributed by atoms with Gasteiger partial charge in [0.25, 0.3) is 0 Å². The van der Waals surface area contributed by atoms with E-state index in [0.717, 1.165) is 29.6 Å². The zero-order chi connectivity index (χ0) is 19.4. The Kier molecular flexibility index (Phi) is 7.07. The molecule has 1 atom stereocenters. The first-order chi connectivity index (χ1) is 12.3. The summed E-state index contributed by atoms with van der Waals surface area (Å²) < 4.78 is 0. The third kappa shape index (κ3) is 4.57. The molecule has 1 unspecified atom stereocenters. The molecule has 0 aliphatic heterocycles. The van der Waals surface area contributed by atoms with Gasteiger partial charge in [0.15, 0.2) is 5.15 Å². The number of nitrogens with zero attached hydrogens (tertiary/aromatic N) is 2. The Morgan fingerprint density at radius 2 is 1.62 bits per heavy atom. The highest BCUT2D eigenvalue weighted by Gasteiger charge is 2.27. The summed E-state index contributed by atoms with van der Waals surface area (Å²) in [5.74, 6) is 0. The third-order valence-electron chi connectivity index (χ3n) is 6.21. The van der Waals surface area contributed by atoms with Gasteiger partial charge in [-0.1, -0.05) is 84.9 Å². The van der Waals surface area contributed by atoms with Crippen molar-refractivity contribution in [1.29, 1.82) is 0 Å².